The maximum Gasteiger partial charge on any atom is 0.239 e. The Morgan fingerprint density at radius 1 is 1.05 bits per heavy atom. The number of rotatable bonds is 6. The van der Waals surface area contributed by atoms with Crippen molar-refractivity contribution in [1.29, 1.82) is 0 Å². The monoisotopic (exact) mass is 601 g/mol. The molecule has 0 bridgehead atoms. The second-order valence-electron chi connectivity index (χ2n) is 10.6. The fourth-order valence-corrected chi connectivity index (χ4v) is 6.05. The van der Waals surface area contributed by atoms with Crippen LogP contribution in [-0.2, 0) is 9.59 Å². The van der Waals surface area contributed by atoms with E-state index in [1.165, 1.54) is 52.6 Å². The summed E-state index contributed by atoms with van der Waals surface area (Å²) < 4.78 is 35.0. The summed E-state index contributed by atoms with van der Waals surface area (Å²) in [6.45, 7) is 5.11. The largest absolute Gasteiger partial charge is 0.453 e. The Balaban J connectivity index is 1.10. The first kappa shape index (κ1) is 28.7. The van der Waals surface area contributed by atoms with E-state index in [0.29, 0.717) is 36.5 Å². The van der Waals surface area contributed by atoms with Gasteiger partial charge >= 0.3 is 0 Å². The minimum absolute atomic E-state index is 0.0129. The molecule has 0 radical (unpaired) electrons. The third-order valence-electron chi connectivity index (χ3n) is 7.57. The van der Waals surface area contributed by atoms with Crippen molar-refractivity contribution in [3.63, 3.8) is 0 Å². The number of nitrogens with one attached hydrogen (secondary N) is 1. The van der Waals surface area contributed by atoms with Crippen molar-refractivity contribution in [3.05, 3.63) is 77.3 Å². The predicted molar refractivity (Wildman–Crippen MR) is 162 cm³/mol. The highest BCUT2D eigenvalue weighted by atomic mass is 32.1. The molecular weight excluding hydrogens is 572 g/mol. The van der Waals surface area contributed by atoms with Gasteiger partial charge in [0, 0.05) is 62.4 Å². The molecule has 2 amide bonds. The number of hydrogen-bond donors (Lipinski definition) is 1. The molecule has 2 aliphatic rings. The smallest absolute Gasteiger partial charge is 0.239 e. The number of carbonyl (C=O) groups excluding carboxylic acids is 2. The lowest BCUT2D eigenvalue weighted by atomic mass is 10.1. The van der Waals surface area contributed by atoms with Crippen molar-refractivity contribution in [2.24, 2.45) is 5.92 Å². The molecule has 2 aliphatic heterocycles. The normalized spacial score (nSPS) is 17.6. The Kier molecular flexibility index (Phi) is 8.33. The van der Waals surface area contributed by atoms with E-state index in [4.69, 9.17) is 4.74 Å². The molecule has 11 heteroatoms. The summed E-state index contributed by atoms with van der Waals surface area (Å²) in [5, 5.41) is 2.63. The number of amides is 2. The van der Waals surface area contributed by atoms with Gasteiger partial charge in [-0.2, -0.15) is 0 Å². The van der Waals surface area contributed by atoms with E-state index >= 15 is 4.39 Å². The fraction of sp³-hybridized carbons (Fsp3) is 0.281. The molecular formula is C32H29F2N5O3S. The molecule has 2 aromatic heterocycles. The Morgan fingerprint density at radius 3 is 2.60 bits per heavy atom. The Hall–Kier alpha value is -4.37. The van der Waals surface area contributed by atoms with Crippen LogP contribution in [-0.4, -0.2) is 72.9 Å². The molecule has 0 aliphatic carbocycles. The van der Waals surface area contributed by atoms with Gasteiger partial charge in [-0.3, -0.25) is 19.5 Å². The first-order valence-corrected chi connectivity index (χ1v) is 14.8. The van der Waals surface area contributed by atoms with Crippen LogP contribution in [0.3, 0.4) is 0 Å². The molecule has 8 nitrogen and oxygen atoms in total. The van der Waals surface area contributed by atoms with Gasteiger partial charge in [0.05, 0.1) is 21.6 Å². The average molecular weight is 602 g/mol. The first-order chi connectivity index (χ1) is 20.8. The van der Waals surface area contributed by atoms with E-state index in [-0.39, 0.29) is 17.3 Å². The summed E-state index contributed by atoms with van der Waals surface area (Å²) >= 11 is 1.44. The number of anilines is 2. The van der Waals surface area contributed by atoms with Crippen molar-refractivity contribution in [2.45, 2.75) is 6.42 Å². The number of fused-ring (bicyclic) bond motifs is 1. The van der Waals surface area contributed by atoms with Crippen molar-refractivity contribution in [3.8, 4) is 23.3 Å². The highest BCUT2D eigenvalue weighted by molar-refractivity contribution is 7.19. The van der Waals surface area contributed by atoms with Crippen molar-refractivity contribution in [2.75, 3.05) is 56.5 Å². The summed E-state index contributed by atoms with van der Waals surface area (Å²) in [5.41, 5.74) is 1.44. The van der Waals surface area contributed by atoms with Gasteiger partial charge in [0.1, 0.15) is 17.5 Å². The molecule has 4 heterocycles. The van der Waals surface area contributed by atoms with Gasteiger partial charge in [0.25, 0.3) is 0 Å². The van der Waals surface area contributed by atoms with Crippen molar-refractivity contribution >= 4 is 44.7 Å². The predicted octanol–water partition coefficient (Wildman–Crippen LogP) is 4.96. The zero-order valence-electron chi connectivity index (χ0n) is 23.5. The standard InChI is InChI=1S/C32H29F2N5O3S/c1-37-15-17-38(18-16-37)13-2-3-24-20-27-30(43-24)29(10-12-35-27)42-28-9-6-22(19-26(28)34)36-31(40)25-11-14-39(32(25)41)23-7-4-21(33)5-8-23/h4-10,12,19-20,25H,11,13-18H2,1H3,(H,36,40). The van der Waals surface area contributed by atoms with Gasteiger partial charge in [-0.25, -0.2) is 8.78 Å². The lowest BCUT2D eigenvalue weighted by Gasteiger charge is -2.30. The minimum atomic E-state index is -0.924. The Bertz CT molecular complexity index is 1720. The molecule has 0 saturated carbocycles. The molecule has 1 atom stereocenters. The van der Waals surface area contributed by atoms with E-state index in [0.717, 1.165) is 41.8 Å². The van der Waals surface area contributed by atoms with E-state index in [1.54, 1.807) is 12.3 Å². The first-order valence-electron chi connectivity index (χ1n) is 14.0. The van der Waals surface area contributed by atoms with Crippen LogP contribution in [0.4, 0.5) is 20.2 Å². The number of nitrogens with zero attached hydrogens (tertiary/aromatic N) is 4. The topological polar surface area (TPSA) is 78.0 Å². The number of halogens is 2. The average Bonchev–Trinajstić information content (AvgIpc) is 3.60. The number of likely N-dealkylation sites (N-methyl/N-ethyl adjacent to an activating group) is 1. The number of carbonyl (C=O) groups is 2. The summed E-state index contributed by atoms with van der Waals surface area (Å²) in [6, 6.07) is 13.2. The Labute approximate surface area is 251 Å². The summed E-state index contributed by atoms with van der Waals surface area (Å²) in [7, 11) is 2.12. The quantitative estimate of drug-likeness (QED) is 0.249. The molecule has 2 fully saturated rings. The van der Waals surface area contributed by atoms with Crippen LogP contribution in [0.2, 0.25) is 0 Å². The van der Waals surface area contributed by atoms with Gasteiger partial charge in [0.15, 0.2) is 11.6 Å². The molecule has 6 rings (SSSR count). The summed E-state index contributed by atoms with van der Waals surface area (Å²) in [6.07, 6.45) is 1.90. The van der Waals surface area contributed by atoms with Crippen LogP contribution < -0.4 is 15.0 Å². The highest BCUT2D eigenvalue weighted by Crippen LogP contribution is 2.36. The lowest BCUT2D eigenvalue weighted by Crippen LogP contribution is -2.44. The van der Waals surface area contributed by atoms with Crippen LogP contribution in [0.15, 0.2) is 60.8 Å². The van der Waals surface area contributed by atoms with Crippen LogP contribution in [0, 0.1) is 29.4 Å². The van der Waals surface area contributed by atoms with Gasteiger partial charge in [-0.1, -0.05) is 11.8 Å². The van der Waals surface area contributed by atoms with Gasteiger partial charge in [0.2, 0.25) is 11.8 Å². The SMILES string of the molecule is CN1CCN(CC#Cc2cc3nccc(Oc4ccc(NC(=O)C5CCN(c6ccc(F)cc6)C5=O)cc4F)c3s2)CC1. The molecule has 1 N–H and O–H groups in total. The van der Waals surface area contributed by atoms with Gasteiger partial charge in [-0.15, -0.1) is 11.3 Å². The number of hydrogen-bond acceptors (Lipinski definition) is 7. The lowest BCUT2D eigenvalue weighted by molar-refractivity contribution is -0.129. The summed E-state index contributed by atoms with van der Waals surface area (Å²) in [4.78, 5) is 37.1. The van der Waals surface area contributed by atoms with Crippen LogP contribution >= 0.6 is 11.3 Å². The highest BCUT2D eigenvalue weighted by Gasteiger charge is 2.37. The van der Waals surface area contributed by atoms with Crippen molar-refractivity contribution < 1.29 is 23.1 Å². The number of benzene rings is 2. The number of thiophene rings is 1. The fourth-order valence-electron chi connectivity index (χ4n) is 5.11. The van der Waals surface area contributed by atoms with Crippen LogP contribution in [0.25, 0.3) is 10.2 Å². The Morgan fingerprint density at radius 2 is 1.84 bits per heavy atom. The second kappa shape index (κ2) is 12.5. The van der Waals surface area contributed by atoms with E-state index in [2.05, 4.69) is 39.0 Å². The third-order valence-corrected chi connectivity index (χ3v) is 8.62. The molecule has 2 aromatic carbocycles. The van der Waals surface area contributed by atoms with Crippen LogP contribution in [0.5, 0.6) is 11.5 Å². The molecule has 43 heavy (non-hydrogen) atoms. The number of aromatic nitrogens is 1. The van der Waals surface area contributed by atoms with Crippen LogP contribution in [0.1, 0.15) is 11.3 Å². The third kappa shape index (κ3) is 6.51. The summed E-state index contributed by atoms with van der Waals surface area (Å²) in [5.74, 6) is 4.00. The number of piperazine rings is 1. The minimum Gasteiger partial charge on any atom is -0.453 e. The van der Waals surface area contributed by atoms with E-state index in [9.17, 15) is 14.0 Å². The zero-order valence-corrected chi connectivity index (χ0v) is 24.3. The van der Waals surface area contributed by atoms with Gasteiger partial charge in [-0.05, 0) is 55.9 Å². The van der Waals surface area contributed by atoms with E-state index in [1.807, 2.05) is 6.07 Å². The molecule has 220 valence electrons. The molecule has 4 aromatic rings. The number of ether oxygens (including phenoxy) is 1. The van der Waals surface area contributed by atoms with Crippen molar-refractivity contribution in [1.82, 2.24) is 14.8 Å². The van der Waals surface area contributed by atoms with Gasteiger partial charge < -0.3 is 19.9 Å². The number of pyridine rings is 1. The molecule has 0 spiro atoms. The maximum absolute atomic E-state index is 15.1. The van der Waals surface area contributed by atoms with E-state index < -0.39 is 23.5 Å². The zero-order chi connectivity index (χ0) is 29.9. The maximum atomic E-state index is 15.1. The second-order valence-corrected chi connectivity index (χ2v) is 11.6. The molecule has 1 unspecified atom stereocenters. The molecule has 2 saturated heterocycles.